The number of hydrogen-bond acceptors (Lipinski definition) is 1. The predicted octanol–water partition coefficient (Wildman–Crippen LogP) is 4.12. The average molecular weight is 313 g/mol. The third kappa shape index (κ3) is 2.76. The zero-order valence-corrected chi connectivity index (χ0v) is 11.2. The zero-order chi connectivity index (χ0) is 13.3. The molecule has 2 rings (SSSR count). The molecule has 0 amide bonds. The first-order valence-corrected chi connectivity index (χ1v) is 6.17. The van der Waals surface area contributed by atoms with Crippen LogP contribution in [0.3, 0.4) is 0 Å². The lowest BCUT2D eigenvalue weighted by Gasteiger charge is -2.13. The summed E-state index contributed by atoms with van der Waals surface area (Å²) >= 11 is 3.04. The van der Waals surface area contributed by atoms with Crippen molar-refractivity contribution in [1.82, 2.24) is 0 Å². The SMILES string of the molecule is Cc1cc(F)cc(C(O)c2ccc(Br)c(F)c2)c1. The van der Waals surface area contributed by atoms with Crippen molar-refractivity contribution >= 4 is 15.9 Å². The summed E-state index contributed by atoms with van der Waals surface area (Å²) in [6.07, 6.45) is -1.04. The molecule has 94 valence electrons. The molecule has 0 spiro atoms. The minimum Gasteiger partial charge on any atom is -0.384 e. The molecule has 0 saturated heterocycles. The van der Waals surface area contributed by atoms with Gasteiger partial charge in [0.15, 0.2) is 0 Å². The van der Waals surface area contributed by atoms with Gasteiger partial charge in [0.25, 0.3) is 0 Å². The van der Waals surface area contributed by atoms with Crippen LogP contribution in [0.5, 0.6) is 0 Å². The molecule has 1 N–H and O–H groups in total. The maximum absolute atomic E-state index is 13.4. The highest BCUT2D eigenvalue weighted by Gasteiger charge is 2.13. The third-order valence-electron chi connectivity index (χ3n) is 2.64. The molecule has 0 aliphatic carbocycles. The highest BCUT2D eigenvalue weighted by molar-refractivity contribution is 9.10. The monoisotopic (exact) mass is 312 g/mol. The van der Waals surface area contributed by atoms with Crippen molar-refractivity contribution in [3.8, 4) is 0 Å². The van der Waals surface area contributed by atoms with Crippen molar-refractivity contribution in [3.63, 3.8) is 0 Å². The van der Waals surface area contributed by atoms with Crippen LogP contribution in [-0.2, 0) is 0 Å². The van der Waals surface area contributed by atoms with Gasteiger partial charge in [-0.3, -0.25) is 0 Å². The van der Waals surface area contributed by atoms with E-state index in [9.17, 15) is 13.9 Å². The van der Waals surface area contributed by atoms with E-state index in [0.29, 0.717) is 21.2 Å². The highest BCUT2D eigenvalue weighted by atomic mass is 79.9. The first kappa shape index (κ1) is 13.2. The molecule has 1 unspecified atom stereocenters. The lowest BCUT2D eigenvalue weighted by atomic mass is 10.00. The molecule has 18 heavy (non-hydrogen) atoms. The summed E-state index contributed by atoms with van der Waals surface area (Å²) in [4.78, 5) is 0. The summed E-state index contributed by atoms with van der Waals surface area (Å²) in [5, 5.41) is 10.1. The minimum atomic E-state index is -1.04. The van der Waals surface area contributed by atoms with Crippen molar-refractivity contribution in [2.24, 2.45) is 0 Å². The fourth-order valence-electron chi connectivity index (χ4n) is 1.80. The van der Waals surface area contributed by atoms with Crippen molar-refractivity contribution < 1.29 is 13.9 Å². The number of halogens is 3. The number of hydrogen-bond donors (Lipinski definition) is 1. The number of benzene rings is 2. The third-order valence-corrected chi connectivity index (χ3v) is 3.28. The van der Waals surface area contributed by atoms with Gasteiger partial charge in [0, 0.05) is 0 Å². The van der Waals surface area contributed by atoms with Crippen molar-refractivity contribution in [1.29, 1.82) is 0 Å². The molecule has 0 fully saturated rings. The summed E-state index contributed by atoms with van der Waals surface area (Å²) in [6, 6.07) is 8.64. The van der Waals surface area contributed by atoms with Gasteiger partial charge in [-0.05, 0) is 63.8 Å². The number of rotatable bonds is 2. The Kier molecular flexibility index (Phi) is 3.78. The summed E-state index contributed by atoms with van der Waals surface area (Å²) in [5.74, 6) is -0.874. The van der Waals surface area contributed by atoms with Crippen molar-refractivity contribution in [3.05, 3.63) is 69.2 Å². The second-order valence-corrected chi connectivity index (χ2v) is 4.99. The summed E-state index contributed by atoms with van der Waals surface area (Å²) in [7, 11) is 0. The normalized spacial score (nSPS) is 12.5. The number of aliphatic hydroxyl groups is 1. The van der Waals surface area contributed by atoms with Crippen LogP contribution in [0, 0.1) is 18.6 Å². The van der Waals surface area contributed by atoms with Gasteiger partial charge in [-0.25, -0.2) is 8.78 Å². The second-order valence-electron chi connectivity index (χ2n) is 4.14. The topological polar surface area (TPSA) is 20.2 Å². The molecule has 0 bridgehead atoms. The maximum atomic E-state index is 13.4. The lowest BCUT2D eigenvalue weighted by Crippen LogP contribution is -2.01. The molecular formula is C14H11BrF2O. The molecule has 2 aromatic rings. The van der Waals surface area contributed by atoms with E-state index in [4.69, 9.17) is 0 Å². The van der Waals surface area contributed by atoms with Crippen LogP contribution in [0.2, 0.25) is 0 Å². The van der Waals surface area contributed by atoms with Gasteiger partial charge in [0.05, 0.1) is 4.47 Å². The quantitative estimate of drug-likeness (QED) is 0.884. The Morgan fingerprint density at radius 2 is 1.78 bits per heavy atom. The largest absolute Gasteiger partial charge is 0.384 e. The summed E-state index contributed by atoms with van der Waals surface area (Å²) < 4.78 is 27.0. The van der Waals surface area contributed by atoms with E-state index >= 15 is 0 Å². The molecule has 0 aliphatic rings. The average Bonchev–Trinajstić information content (AvgIpc) is 2.30. The van der Waals surface area contributed by atoms with Crippen LogP contribution in [-0.4, -0.2) is 5.11 Å². The van der Waals surface area contributed by atoms with Crippen molar-refractivity contribution in [2.75, 3.05) is 0 Å². The van der Waals surface area contributed by atoms with Crippen LogP contribution in [0.15, 0.2) is 40.9 Å². The van der Waals surface area contributed by atoms with Gasteiger partial charge in [-0.2, -0.15) is 0 Å². The predicted molar refractivity (Wildman–Crippen MR) is 69.3 cm³/mol. The van der Waals surface area contributed by atoms with Gasteiger partial charge < -0.3 is 5.11 Å². The molecule has 0 radical (unpaired) electrons. The smallest absolute Gasteiger partial charge is 0.137 e. The van der Waals surface area contributed by atoms with E-state index < -0.39 is 17.7 Å². The van der Waals surface area contributed by atoms with Gasteiger partial charge in [-0.15, -0.1) is 0 Å². The van der Waals surface area contributed by atoms with E-state index in [0.717, 1.165) is 0 Å². The van der Waals surface area contributed by atoms with Crippen LogP contribution >= 0.6 is 15.9 Å². The maximum Gasteiger partial charge on any atom is 0.137 e. The number of aliphatic hydroxyl groups excluding tert-OH is 1. The van der Waals surface area contributed by atoms with Gasteiger partial charge in [-0.1, -0.05) is 12.1 Å². The molecule has 2 aromatic carbocycles. The number of aryl methyl sites for hydroxylation is 1. The fourth-order valence-corrected chi connectivity index (χ4v) is 2.04. The molecule has 0 saturated carbocycles. The fraction of sp³-hybridized carbons (Fsp3) is 0.143. The molecule has 0 aromatic heterocycles. The molecule has 0 heterocycles. The standard InChI is InChI=1S/C14H11BrF2O/c1-8-4-10(6-11(16)5-8)14(18)9-2-3-12(15)13(17)7-9/h2-7,14,18H,1H3. The van der Waals surface area contributed by atoms with E-state index in [2.05, 4.69) is 15.9 Å². The zero-order valence-electron chi connectivity index (χ0n) is 9.62. The van der Waals surface area contributed by atoms with Gasteiger partial charge in [0.1, 0.15) is 17.7 Å². The van der Waals surface area contributed by atoms with Crippen LogP contribution in [0.4, 0.5) is 8.78 Å². The molecule has 0 aliphatic heterocycles. The Balaban J connectivity index is 2.40. The molecule has 1 nitrogen and oxygen atoms in total. The van der Waals surface area contributed by atoms with Crippen LogP contribution in [0.1, 0.15) is 22.8 Å². The van der Waals surface area contributed by atoms with Crippen molar-refractivity contribution in [2.45, 2.75) is 13.0 Å². The first-order chi connectivity index (χ1) is 8.47. The van der Waals surface area contributed by atoms with E-state index in [1.165, 1.54) is 24.3 Å². The Labute approximate surface area is 112 Å². The Morgan fingerprint density at radius 1 is 1.06 bits per heavy atom. The summed E-state index contributed by atoms with van der Waals surface area (Å²) in [5.41, 5.74) is 1.51. The lowest BCUT2D eigenvalue weighted by molar-refractivity contribution is 0.219. The highest BCUT2D eigenvalue weighted by Crippen LogP contribution is 2.26. The van der Waals surface area contributed by atoms with Crippen LogP contribution in [0.25, 0.3) is 0 Å². The minimum absolute atomic E-state index is 0.328. The molecule has 1 atom stereocenters. The Bertz CT molecular complexity index is 564. The van der Waals surface area contributed by atoms with E-state index in [1.807, 2.05) is 0 Å². The molecule has 4 heteroatoms. The van der Waals surface area contributed by atoms with Gasteiger partial charge >= 0.3 is 0 Å². The Morgan fingerprint density at radius 3 is 2.39 bits per heavy atom. The van der Waals surface area contributed by atoms with E-state index in [1.54, 1.807) is 19.1 Å². The van der Waals surface area contributed by atoms with E-state index in [-0.39, 0.29) is 0 Å². The van der Waals surface area contributed by atoms with Gasteiger partial charge in [0.2, 0.25) is 0 Å². The second kappa shape index (κ2) is 5.16. The van der Waals surface area contributed by atoms with Crippen LogP contribution < -0.4 is 0 Å². The summed E-state index contributed by atoms with van der Waals surface area (Å²) in [6.45, 7) is 1.74. The Hall–Kier alpha value is -1.26. The molecular weight excluding hydrogens is 302 g/mol. The first-order valence-electron chi connectivity index (χ1n) is 5.37.